The summed E-state index contributed by atoms with van der Waals surface area (Å²) < 4.78 is 15.7. The van der Waals surface area contributed by atoms with Gasteiger partial charge in [0.2, 0.25) is 0 Å². The molecule has 1 unspecified atom stereocenters. The van der Waals surface area contributed by atoms with E-state index in [0.717, 1.165) is 17.2 Å². The van der Waals surface area contributed by atoms with Crippen molar-refractivity contribution < 1.29 is 14.2 Å². The van der Waals surface area contributed by atoms with Crippen LogP contribution in [-0.2, 0) is 9.49 Å². The molecule has 1 heterocycles. The molecule has 1 aliphatic rings. The predicted octanol–water partition coefficient (Wildman–Crippen LogP) is 6.65. The van der Waals surface area contributed by atoms with Crippen molar-refractivity contribution in [2.75, 3.05) is 21.3 Å². The summed E-state index contributed by atoms with van der Waals surface area (Å²) in [5.74, 6) is 2.56. The van der Waals surface area contributed by atoms with Gasteiger partial charge in [0.15, 0.2) is 0 Å². The molecule has 1 aliphatic heterocycles. The summed E-state index contributed by atoms with van der Waals surface area (Å²) in [6.07, 6.45) is 0. The van der Waals surface area contributed by atoms with Gasteiger partial charge in [-0.2, -0.15) is 0 Å². The van der Waals surface area contributed by atoms with E-state index in [-0.39, 0.29) is 9.49 Å². The molecule has 0 bridgehead atoms. The van der Waals surface area contributed by atoms with Gasteiger partial charge in [-0.1, -0.05) is 66.7 Å². The molecule has 0 N–H and O–H groups in total. The highest BCUT2D eigenvalue weighted by Gasteiger charge is 2.72. The molecule has 4 heteroatoms. The van der Waals surface area contributed by atoms with Crippen molar-refractivity contribution in [1.82, 2.24) is 0 Å². The Bertz CT molecular complexity index is 1170. The van der Waals surface area contributed by atoms with E-state index in [4.69, 9.17) is 14.2 Å². The maximum Gasteiger partial charge on any atom is 0.118 e. The minimum Gasteiger partial charge on any atom is -0.497 e. The second-order valence-electron chi connectivity index (χ2n) is 8.02. The van der Waals surface area contributed by atoms with E-state index >= 15 is 0 Å². The Morgan fingerprint density at radius 2 is 0.727 bits per heavy atom. The number of benzene rings is 4. The molecule has 0 radical (unpaired) electrons. The summed E-state index contributed by atoms with van der Waals surface area (Å²) in [7, 11) is 5.10. The van der Waals surface area contributed by atoms with Crippen molar-refractivity contribution in [2.24, 2.45) is 0 Å². The normalized spacial score (nSPS) is 18.4. The number of thioether (sulfide) groups is 1. The Morgan fingerprint density at radius 3 is 1.03 bits per heavy atom. The highest BCUT2D eigenvalue weighted by atomic mass is 32.2. The van der Waals surface area contributed by atoms with E-state index in [9.17, 15) is 0 Å². The zero-order valence-corrected chi connectivity index (χ0v) is 19.8. The van der Waals surface area contributed by atoms with Crippen molar-refractivity contribution in [1.29, 1.82) is 0 Å². The molecule has 1 fully saturated rings. The SMILES string of the molecule is COc1ccc(C2(c3ccccc3)SC2(c2ccc(OC)cc2)c2ccc(OC)cc2)cc1. The summed E-state index contributed by atoms with van der Waals surface area (Å²) in [5.41, 5.74) is 4.98. The smallest absolute Gasteiger partial charge is 0.118 e. The molecule has 3 nitrogen and oxygen atoms in total. The first-order chi connectivity index (χ1) is 16.2. The molecule has 5 rings (SSSR count). The number of rotatable bonds is 7. The molecular weight excluding hydrogens is 428 g/mol. The molecule has 33 heavy (non-hydrogen) atoms. The molecule has 0 aromatic heterocycles. The van der Waals surface area contributed by atoms with Crippen LogP contribution >= 0.6 is 11.8 Å². The fourth-order valence-electron chi connectivity index (χ4n) is 4.74. The molecule has 0 aliphatic carbocycles. The van der Waals surface area contributed by atoms with Gasteiger partial charge in [-0.15, -0.1) is 11.8 Å². The third-order valence-electron chi connectivity index (χ3n) is 6.43. The Kier molecular flexibility index (Phi) is 5.55. The summed E-state index contributed by atoms with van der Waals surface area (Å²) in [4.78, 5) is 0. The van der Waals surface area contributed by atoms with Gasteiger partial charge in [0, 0.05) is 0 Å². The summed E-state index contributed by atoms with van der Waals surface area (Å²) in [6.45, 7) is 0. The van der Waals surface area contributed by atoms with E-state index in [0.29, 0.717) is 0 Å². The van der Waals surface area contributed by atoms with Gasteiger partial charge >= 0.3 is 0 Å². The van der Waals surface area contributed by atoms with Crippen LogP contribution in [0.5, 0.6) is 17.2 Å². The molecule has 166 valence electrons. The quantitative estimate of drug-likeness (QED) is 0.292. The third-order valence-corrected chi connectivity index (χ3v) is 8.39. The zero-order chi connectivity index (χ0) is 22.9. The van der Waals surface area contributed by atoms with Gasteiger partial charge in [0.1, 0.15) is 17.2 Å². The lowest BCUT2D eigenvalue weighted by Crippen LogP contribution is -2.25. The van der Waals surface area contributed by atoms with Crippen molar-refractivity contribution in [3.63, 3.8) is 0 Å². The van der Waals surface area contributed by atoms with Crippen LogP contribution in [0.25, 0.3) is 0 Å². The Hall–Kier alpha value is -3.37. The summed E-state index contributed by atoms with van der Waals surface area (Å²) >= 11 is 1.96. The number of ether oxygens (including phenoxy) is 3. The molecule has 0 spiro atoms. The maximum absolute atomic E-state index is 5.45. The first-order valence-corrected chi connectivity index (χ1v) is 11.7. The van der Waals surface area contributed by atoms with Crippen LogP contribution in [0.1, 0.15) is 22.3 Å². The summed E-state index contributed by atoms with van der Waals surface area (Å²) in [6, 6.07) is 36.2. The van der Waals surface area contributed by atoms with Crippen molar-refractivity contribution in [3.8, 4) is 17.2 Å². The molecule has 4 aromatic rings. The maximum atomic E-state index is 5.45. The van der Waals surface area contributed by atoms with Crippen molar-refractivity contribution >= 4 is 11.8 Å². The van der Waals surface area contributed by atoms with Crippen molar-refractivity contribution in [3.05, 3.63) is 125 Å². The average molecular weight is 455 g/mol. The lowest BCUT2D eigenvalue weighted by atomic mass is 9.74. The first kappa shape index (κ1) is 21.5. The second kappa shape index (κ2) is 8.53. The molecule has 4 aromatic carbocycles. The first-order valence-electron chi connectivity index (χ1n) is 10.9. The van der Waals surface area contributed by atoms with Crippen LogP contribution in [0.15, 0.2) is 103 Å². The molecule has 0 saturated carbocycles. The van der Waals surface area contributed by atoms with Gasteiger partial charge in [-0.3, -0.25) is 0 Å². The standard InChI is InChI=1S/C29H26O3S/c1-30-25-15-9-22(10-16-25)28(21-7-5-4-6-8-21)29(33-28,23-11-17-26(31-2)18-12-23)24-13-19-27(32-3)20-14-24/h4-20H,1-3H3. The molecule has 0 amide bonds. The fraction of sp³-hybridized carbons (Fsp3) is 0.172. The van der Waals surface area contributed by atoms with Crippen LogP contribution < -0.4 is 14.2 Å². The van der Waals surface area contributed by atoms with Gasteiger partial charge in [-0.05, 0) is 58.7 Å². The topological polar surface area (TPSA) is 27.7 Å². The van der Waals surface area contributed by atoms with E-state index in [2.05, 4.69) is 66.7 Å². The fourth-order valence-corrected chi connectivity index (χ4v) is 6.63. The van der Waals surface area contributed by atoms with E-state index in [1.165, 1.54) is 22.3 Å². The largest absolute Gasteiger partial charge is 0.497 e. The minimum absolute atomic E-state index is 0.288. The number of hydrogen-bond donors (Lipinski definition) is 0. The Labute approximate surface area is 199 Å². The average Bonchev–Trinajstić information content (AvgIpc) is 3.62. The van der Waals surface area contributed by atoms with E-state index < -0.39 is 0 Å². The highest BCUT2D eigenvalue weighted by Crippen LogP contribution is 2.80. The predicted molar refractivity (Wildman–Crippen MR) is 135 cm³/mol. The number of methoxy groups -OCH3 is 3. The highest BCUT2D eigenvalue weighted by molar-refractivity contribution is 8.09. The van der Waals surface area contributed by atoms with Crippen LogP contribution in [0.4, 0.5) is 0 Å². The van der Waals surface area contributed by atoms with Crippen LogP contribution in [0.2, 0.25) is 0 Å². The molecule has 1 atom stereocenters. The third kappa shape index (κ3) is 3.37. The van der Waals surface area contributed by atoms with Gasteiger partial charge in [-0.25, -0.2) is 0 Å². The molecule has 1 saturated heterocycles. The summed E-state index contributed by atoms with van der Waals surface area (Å²) in [5, 5.41) is 0. The zero-order valence-electron chi connectivity index (χ0n) is 18.9. The van der Waals surface area contributed by atoms with Crippen molar-refractivity contribution in [2.45, 2.75) is 9.49 Å². The van der Waals surface area contributed by atoms with Gasteiger partial charge in [0.25, 0.3) is 0 Å². The Balaban J connectivity index is 1.76. The van der Waals surface area contributed by atoms with Gasteiger partial charge < -0.3 is 14.2 Å². The number of hydrogen-bond acceptors (Lipinski definition) is 4. The Morgan fingerprint density at radius 1 is 0.424 bits per heavy atom. The van der Waals surface area contributed by atoms with Crippen LogP contribution in [0, 0.1) is 0 Å². The van der Waals surface area contributed by atoms with Crippen LogP contribution in [0.3, 0.4) is 0 Å². The monoisotopic (exact) mass is 454 g/mol. The minimum atomic E-state index is -0.304. The van der Waals surface area contributed by atoms with Crippen LogP contribution in [-0.4, -0.2) is 21.3 Å². The van der Waals surface area contributed by atoms with E-state index in [1.807, 2.05) is 48.2 Å². The lowest BCUT2D eigenvalue weighted by Gasteiger charge is -2.26. The lowest BCUT2D eigenvalue weighted by molar-refractivity contribution is 0.414. The van der Waals surface area contributed by atoms with E-state index in [1.54, 1.807) is 21.3 Å². The van der Waals surface area contributed by atoms with Gasteiger partial charge in [0.05, 0.1) is 30.8 Å². The molecular formula is C29H26O3S. The second-order valence-corrected chi connectivity index (χ2v) is 9.44.